The van der Waals surface area contributed by atoms with Crippen LogP contribution in [0.1, 0.15) is 79.0 Å². The Morgan fingerprint density at radius 3 is 1.34 bits per heavy atom. The molecule has 0 fully saturated rings. The Kier molecular flexibility index (Phi) is 14.9. The van der Waals surface area contributed by atoms with Crippen LogP contribution in [0.2, 0.25) is 0 Å². The molecule has 0 radical (unpaired) electrons. The van der Waals surface area contributed by atoms with Gasteiger partial charge in [-0.05, 0) is 184 Å². The van der Waals surface area contributed by atoms with E-state index in [2.05, 4.69) is 339 Å². The highest BCUT2D eigenvalue weighted by Gasteiger charge is 2.28. The van der Waals surface area contributed by atoms with Gasteiger partial charge in [-0.2, -0.15) is 4.68 Å². The predicted molar refractivity (Wildman–Crippen MR) is 377 cm³/mol. The number of ether oxygens (including phenoxy) is 1. The maximum atomic E-state index is 6.98. The maximum absolute atomic E-state index is 6.98. The molecule has 0 spiro atoms. The van der Waals surface area contributed by atoms with Crippen LogP contribution in [0.5, 0.6) is 11.5 Å². The number of rotatable bonds is 12. The Morgan fingerprint density at radius 2 is 0.824 bits per heavy atom. The molecule has 0 aliphatic rings. The van der Waals surface area contributed by atoms with Crippen LogP contribution in [0.4, 0.5) is 0 Å². The molecule has 0 saturated carbocycles. The van der Waals surface area contributed by atoms with Gasteiger partial charge in [-0.1, -0.05) is 250 Å². The first-order chi connectivity index (χ1) is 44.0. The molecular weight excluding hydrogens is 1110 g/mol. The maximum Gasteiger partial charge on any atom is 0.233 e. The van der Waals surface area contributed by atoms with Gasteiger partial charge in [-0.25, -0.2) is 4.98 Å². The molecule has 0 amide bonds. The van der Waals surface area contributed by atoms with E-state index in [-0.39, 0.29) is 16.2 Å². The van der Waals surface area contributed by atoms with Crippen LogP contribution in [0.15, 0.2) is 279 Å². The van der Waals surface area contributed by atoms with Gasteiger partial charge < -0.3 is 9.30 Å². The van der Waals surface area contributed by atoms with Crippen molar-refractivity contribution in [1.82, 2.24) is 19.3 Å². The first-order valence-corrected chi connectivity index (χ1v) is 31.5. The molecule has 14 rings (SSSR count). The second-order valence-corrected chi connectivity index (χ2v) is 27.0. The number of hydrogen-bond acceptors (Lipinski definition) is 3. The molecule has 3 aromatic heterocycles. The fourth-order valence-electron chi connectivity index (χ4n) is 12.5. The summed E-state index contributed by atoms with van der Waals surface area (Å²) in [5, 5.41) is 8.12. The minimum atomic E-state index is -0.177. The van der Waals surface area contributed by atoms with Gasteiger partial charge in [0.1, 0.15) is 17.3 Å². The zero-order valence-corrected chi connectivity index (χ0v) is 53.2. The largest absolute Gasteiger partial charge is 0.458 e. The van der Waals surface area contributed by atoms with Gasteiger partial charge in [0.05, 0.1) is 16.7 Å². The Morgan fingerprint density at radius 1 is 0.363 bits per heavy atom. The minimum absolute atomic E-state index is 0.0541. The summed E-state index contributed by atoms with van der Waals surface area (Å²) in [5.74, 6) is 2.95. The lowest BCUT2D eigenvalue weighted by molar-refractivity contribution is -0.589. The quantitative estimate of drug-likeness (QED) is 0.0905. The molecule has 0 N–H and O–H groups in total. The lowest BCUT2D eigenvalue weighted by Crippen LogP contribution is -2.33. The van der Waals surface area contributed by atoms with Gasteiger partial charge in [0.2, 0.25) is 12.2 Å². The Bertz CT molecular complexity index is 4710. The van der Waals surface area contributed by atoms with Crippen molar-refractivity contribution in [2.24, 2.45) is 0 Å². The van der Waals surface area contributed by atoms with Gasteiger partial charge in [-0.3, -0.25) is 4.57 Å². The number of aromatic nitrogens is 5. The zero-order chi connectivity index (χ0) is 62.6. The van der Waals surface area contributed by atoms with Gasteiger partial charge in [0, 0.05) is 34.3 Å². The monoisotopic (exact) mass is 1180 g/mol. The van der Waals surface area contributed by atoms with E-state index in [4.69, 9.17) is 14.8 Å². The second kappa shape index (κ2) is 23.4. The van der Waals surface area contributed by atoms with Crippen LogP contribution in [0.3, 0.4) is 0 Å². The molecule has 0 saturated heterocycles. The van der Waals surface area contributed by atoms with Crippen molar-refractivity contribution in [1.29, 1.82) is 0 Å². The standard InChI is InChI=1S/C85H73N5O/c1-83(2,3)67-42-43-86-80(53-67)90-78-39-23-22-36-76(78)77-41-40-73(55-79(77)90)91-72-35-24-34-70(54-72)89-56-88(71-51-68(84(4,5)6)50-69(52-71)85(7,8)9)82(87-89)81-74(65-46-61(57-26-14-10-15-27-57)44-62(47-65)58-28-16-11-17-29-58)37-25-38-75(81)66-48-63(59-30-18-12-19-31-59)45-64(49-66)60-32-20-13-21-33-60/h10-55H,1-9H3. The summed E-state index contributed by atoms with van der Waals surface area (Å²) in [6.07, 6.45) is 5.82. The Balaban J connectivity index is 1.01. The molecule has 3 heterocycles. The fraction of sp³-hybridized carbons (Fsp3) is 0.141. The van der Waals surface area contributed by atoms with Crippen molar-refractivity contribution >= 4 is 21.8 Å². The molecule has 0 bridgehead atoms. The van der Waals surface area contributed by atoms with E-state index in [1.807, 2.05) is 23.0 Å². The smallest absolute Gasteiger partial charge is 0.233 e. The summed E-state index contributed by atoms with van der Waals surface area (Å²) in [4.78, 5) is 4.96. The van der Waals surface area contributed by atoms with Crippen molar-refractivity contribution in [2.75, 3.05) is 0 Å². The third kappa shape index (κ3) is 11.7. The third-order valence-corrected chi connectivity index (χ3v) is 17.5. The number of fused-ring (bicyclic) bond motifs is 3. The minimum Gasteiger partial charge on any atom is -0.458 e. The van der Waals surface area contributed by atoms with Gasteiger partial charge in [0.15, 0.2) is 0 Å². The van der Waals surface area contributed by atoms with Crippen LogP contribution < -0.4 is 9.30 Å². The van der Waals surface area contributed by atoms with Crippen molar-refractivity contribution < 1.29 is 9.30 Å². The molecule has 6 nitrogen and oxygen atoms in total. The summed E-state index contributed by atoms with van der Waals surface area (Å²) < 4.78 is 13.3. The summed E-state index contributed by atoms with van der Waals surface area (Å²) in [7, 11) is 0. The molecule has 0 atom stereocenters. The topological polar surface area (TPSA) is 48.8 Å². The molecular formula is C85H73N5O. The molecule has 6 heteroatoms. The van der Waals surface area contributed by atoms with E-state index in [9.17, 15) is 0 Å². The summed E-state index contributed by atoms with van der Waals surface area (Å²) >= 11 is 0. The lowest BCUT2D eigenvalue weighted by atomic mass is 9.80. The fourth-order valence-corrected chi connectivity index (χ4v) is 12.5. The summed E-state index contributed by atoms with van der Waals surface area (Å²) in [5.41, 5.74) is 21.2. The van der Waals surface area contributed by atoms with Crippen molar-refractivity contribution in [3.63, 3.8) is 0 Å². The molecule has 14 aromatic rings. The first-order valence-electron chi connectivity index (χ1n) is 31.5. The molecule has 11 aromatic carbocycles. The molecule has 0 aliphatic carbocycles. The SMILES string of the molecule is CC(C)(C)c1cc(-[n+]2[c-]n(-c3cccc(Oc4ccc5c6ccccc6n(-c6cc(C(C)(C)C)ccn6)c5c4)c3)nc2-c2c(-c3cc(-c4ccccc4)cc(-c4ccccc4)c3)cccc2-c2cc(-c3ccccc3)cc(-c3ccccc3)c2)cc(C(C)(C)C)c1. The van der Waals surface area contributed by atoms with Crippen LogP contribution in [0, 0.1) is 6.33 Å². The van der Waals surface area contributed by atoms with Crippen molar-refractivity contribution in [3.8, 4) is 107 Å². The number of hydrogen-bond donors (Lipinski definition) is 0. The van der Waals surface area contributed by atoms with Crippen LogP contribution >= 0.6 is 0 Å². The van der Waals surface area contributed by atoms with Crippen LogP contribution in [-0.2, 0) is 16.2 Å². The second-order valence-electron chi connectivity index (χ2n) is 27.0. The van der Waals surface area contributed by atoms with E-state index in [0.29, 0.717) is 11.5 Å². The highest BCUT2D eigenvalue weighted by atomic mass is 16.5. The highest BCUT2D eigenvalue weighted by molar-refractivity contribution is 6.09. The van der Waals surface area contributed by atoms with Crippen molar-refractivity contribution in [3.05, 3.63) is 302 Å². The summed E-state index contributed by atoms with van der Waals surface area (Å²) in [6, 6.07) is 98.2. The molecule has 91 heavy (non-hydrogen) atoms. The summed E-state index contributed by atoms with van der Waals surface area (Å²) in [6.45, 7) is 20.5. The van der Waals surface area contributed by atoms with E-state index in [1.165, 1.54) is 16.7 Å². The lowest BCUT2D eigenvalue weighted by Gasteiger charge is -2.27. The number of pyridine rings is 1. The third-order valence-electron chi connectivity index (χ3n) is 17.5. The Labute approximate surface area is 535 Å². The number of nitrogens with zero attached hydrogens (tertiary/aromatic N) is 5. The van der Waals surface area contributed by atoms with E-state index in [1.54, 1.807) is 0 Å². The molecule has 444 valence electrons. The van der Waals surface area contributed by atoms with Crippen LogP contribution in [-0.4, -0.2) is 19.3 Å². The average Bonchev–Trinajstić information content (AvgIpc) is 1.71. The van der Waals surface area contributed by atoms with E-state index < -0.39 is 0 Å². The molecule has 0 aliphatic heterocycles. The number of para-hydroxylation sites is 1. The van der Waals surface area contributed by atoms with Crippen molar-refractivity contribution in [2.45, 2.75) is 78.6 Å². The highest BCUT2D eigenvalue weighted by Crippen LogP contribution is 2.45. The zero-order valence-electron chi connectivity index (χ0n) is 53.2. The normalized spacial score (nSPS) is 12.0. The van der Waals surface area contributed by atoms with E-state index in [0.717, 1.165) is 117 Å². The van der Waals surface area contributed by atoms with Crippen LogP contribution in [0.25, 0.3) is 117 Å². The Hall–Kier alpha value is -10.7. The van der Waals surface area contributed by atoms with Gasteiger partial charge in [0.25, 0.3) is 0 Å². The first kappa shape index (κ1) is 58.0. The van der Waals surface area contributed by atoms with Gasteiger partial charge >= 0.3 is 0 Å². The number of benzene rings is 11. The molecule has 0 unspecified atom stereocenters. The predicted octanol–water partition coefficient (Wildman–Crippen LogP) is 21.8. The van der Waals surface area contributed by atoms with E-state index >= 15 is 0 Å². The van der Waals surface area contributed by atoms with Gasteiger partial charge in [-0.15, -0.1) is 0 Å². The average molecular weight is 1180 g/mol.